The molecular weight excluding hydrogens is 432 g/mol. The van der Waals surface area contributed by atoms with E-state index < -0.39 is 0 Å². The lowest BCUT2D eigenvalue weighted by Crippen LogP contribution is -2.42. The van der Waals surface area contributed by atoms with Crippen LogP contribution in [0.3, 0.4) is 0 Å². The Morgan fingerprint density at radius 1 is 1.06 bits per heavy atom. The second kappa shape index (κ2) is 11.4. The van der Waals surface area contributed by atoms with Crippen LogP contribution in [0, 0.1) is 0 Å². The van der Waals surface area contributed by atoms with Gasteiger partial charge in [-0.2, -0.15) is 0 Å². The summed E-state index contributed by atoms with van der Waals surface area (Å²) in [6.07, 6.45) is 5.04. The number of anilines is 1. The molecule has 178 valence electrons. The van der Waals surface area contributed by atoms with Crippen LogP contribution in [0.5, 0.6) is 17.2 Å². The highest BCUT2D eigenvalue weighted by molar-refractivity contribution is 5.93. The third kappa shape index (κ3) is 5.75. The molecule has 1 aliphatic heterocycles. The lowest BCUT2D eigenvalue weighted by Gasteiger charge is -2.33. The van der Waals surface area contributed by atoms with Crippen molar-refractivity contribution in [2.24, 2.45) is 0 Å². The van der Waals surface area contributed by atoms with Crippen molar-refractivity contribution in [2.45, 2.75) is 32.4 Å². The van der Waals surface area contributed by atoms with Gasteiger partial charge in [-0.3, -0.25) is 4.79 Å². The highest BCUT2D eigenvalue weighted by Crippen LogP contribution is 2.29. The van der Waals surface area contributed by atoms with Crippen molar-refractivity contribution in [1.29, 1.82) is 0 Å². The number of hydrogen-bond acceptors (Lipinski definition) is 7. The lowest BCUT2D eigenvalue weighted by atomic mass is 10.1. The van der Waals surface area contributed by atoms with Gasteiger partial charge >= 0.3 is 0 Å². The third-order valence-corrected chi connectivity index (χ3v) is 5.64. The molecule has 1 aliphatic rings. The van der Waals surface area contributed by atoms with Crippen molar-refractivity contribution >= 4 is 11.9 Å². The van der Waals surface area contributed by atoms with Gasteiger partial charge in [0.1, 0.15) is 11.9 Å². The van der Waals surface area contributed by atoms with Crippen molar-refractivity contribution in [3.05, 3.63) is 72.1 Å². The number of amides is 1. The third-order valence-electron chi connectivity index (χ3n) is 5.64. The van der Waals surface area contributed by atoms with Crippen LogP contribution in [0.1, 0.15) is 35.7 Å². The normalized spacial score (nSPS) is 15.5. The molecule has 0 spiro atoms. The minimum atomic E-state index is -0.232. The molecule has 0 bridgehead atoms. The summed E-state index contributed by atoms with van der Waals surface area (Å²) in [6.45, 7) is 4.41. The standard InChI is InChI=1S/C26H30N4O4/c1-3-33-23-12-6-7-13-24(23)34-21-10-8-14-30(18-21)26-28-16-20(17-29-26)25(31)27-15-19-9-4-5-11-22(19)32-2/h4-7,9,11-13,16-17,21H,3,8,10,14-15,18H2,1-2H3,(H,27,31)/t21-/m1/s1. The van der Waals surface area contributed by atoms with E-state index >= 15 is 0 Å². The number of carbonyl (C=O) groups excluding carboxylic acids is 1. The highest BCUT2D eigenvalue weighted by Gasteiger charge is 2.24. The van der Waals surface area contributed by atoms with Crippen LogP contribution in [0.4, 0.5) is 5.95 Å². The topological polar surface area (TPSA) is 85.8 Å². The van der Waals surface area contributed by atoms with Gasteiger partial charge in [-0.15, -0.1) is 0 Å². The molecule has 4 rings (SSSR count). The lowest BCUT2D eigenvalue weighted by molar-refractivity contribution is 0.0950. The summed E-state index contributed by atoms with van der Waals surface area (Å²) in [4.78, 5) is 23.6. The first-order chi connectivity index (χ1) is 16.7. The number of aromatic nitrogens is 2. The molecule has 0 aliphatic carbocycles. The van der Waals surface area contributed by atoms with Crippen molar-refractivity contribution in [2.75, 3.05) is 31.7 Å². The Morgan fingerprint density at radius 3 is 2.50 bits per heavy atom. The largest absolute Gasteiger partial charge is 0.496 e. The number of benzene rings is 2. The smallest absolute Gasteiger partial charge is 0.254 e. The van der Waals surface area contributed by atoms with Crippen molar-refractivity contribution in [1.82, 2.24) is 15.3 Å². The fourth-order valence-electron chi connectivity index (χ4n) is 3.95. The molecule has 2 heterocycles. The number of carbonyl (C=O) groups is 1. The van der Waals surface area contributed by atoms with Crippen molar-refractivity contribution < 1.29 is 19.0 Å². The highest BCUT2D eigenvalue weighted by atomic mass is 16.5. The van der Waals surface area contributed by atoms with E-state index in [1.807, 2.05) is 55.5 Å². The van der Waals surface area contributed by atoms with E-state index in [0.717, 1.165) is 42.2 Å². The molecule has 0 radical (unpaired) electrons. The van der Waals surface area contributed by atoms with E-state index in [1.165, 1.54) is 0 Å². The Hall–Kier alpha value is -3.81. The Bertz CT molecular complexity index is 1090. The zero-order valence-electron chi connectivity index (χ0n) is 19.6. The van der Waals surface area contributed by atoms with Gasteiger partial charge in [0, 0.05) is 31.0 Å². The van der Waals surface area contributed by atoms with E-state index in [9.17, 15) is 4.79 Å². The predicted octanol–water partition coefficient (Wildman–Crippen LogP) is 3.86. The summed E-state index contributed by atoms with van der Waals surface area (Å²) < 4.78 is 17.3. The van der Waals surface area contributed by atoms with Gasteiger partial charge < -0.3 is 24.4 Å². The Kier molecular flexibility index (Phi) is 7.80. The monoisotopic (exact) mass is 462 g/mol. The molecule has 8 nitrogen and oxygen atoms in total. The Morgan fingerprint density at radius 2 is 1.76 bits per heavy atom. The van der Waals surface area contributed by atoms with Gasteiger partial charge in [0.2, 0.25) is 5.95 Å². The Labute approximate surface area is 199 Å². The fraction of sp³-hybridized carbons (Fsp3) is 0.346. The number of methoxy groups -OCH3 is 1. The van der Waals surface area contributed by atoms with Crippen LogP contribution in [-0.4, -0.2) is 48.8 Å². The van der Waals surface area contributed by atoms with Crippen LogP contribution in [0.15, 0.2) is 60.9 Å². The molecule has 3 aromatic rings. The number of hydrogen-bond donors (Lipinski definition) is 1. The van der Waals surface area contributed by atoms with E-state index in [2.05, 4.69) is 20.2 Å². The van der Waals surface area contributed by atoms with Crippen molar-refractivity contribution in [3.8, 4) is 17.2 Å². The molecule has 1 aromatic heterocycles. The number of rotatable bonds is 9. The molecule has 1 saturated heterocycles. The minimum absolute atomic E-state index is 0.00258. The SMILES string of the molecule is CCOc1ccccc1O[C@@H]1CCCN(c2ncc(C(=O)NCc3ccccc3OC)cn2)C1. The first-order valence-corrected chi connectivity index (χ1v) is 11.5. The average Bonchev–Trinajstić information content (AvgIpc) is 2.89. The summed E-state index contributed by atoms with van der Waals surface area (Å²) >= 11 is 0. The first-order valence-electron chi connectivity index (χ1n) is 11.5. The maximum absolute atomic E-state index is 12.6. The molecule has 1 atom stereocenters. The molecule has 0 saturated carbocycles. The van der Waals surface area contributed by atoms with Crippen LogP contribution in [-0.2, 0) is 6.54 Å². The number of para-hydroxylation sites is 3. The van der Waals surface area contributed by atoms with E-state index in [1.54, 1.807) is 19.5 Å². The second-order valence-electron chi connectivity index (χ2n) is 7.97. The summed E-state index contributed by atoms with van der Waals surface area (Å²) in [5.74, 6) is 2.60. The summed E-state index contributed by atoms with van der Waals surface area (Å²) in [5.41, 5.74) is 1.32. The van der Waals surface area contributed by atoms with Crippen LogP contribution in [0.2, 0.25) is 0 Å². The number of nitrogens with one attached hydrogen (secondary N) is 1. The molecule has 1 fully saturated rings. The van der Waals surface area contributed by atoms with Crippen LogP contribution < -0.4 is 24.4 Å². The van der Waals surface area contributed by atoms with Crippen LogP contribution >= 0.6 is 0 Å². The summed E-state index contributed by atoms with van der Waals surface area (Å²) in [7, 11) is 1.61. The zero-order chi connectivity index (χ0) is 23.8. The fourth-order valence-corrected chi connectivity index (χ4v) is 3.95. The number of piperidine rings is 1. The van der Waals surface area contributed by atoms with Gasteiger partial charge in [0.05, 0.1) is 25.8 Å². The van der Waals surface area contributed by atoms with Gasteiger partial charge in [-0.25, -0.2) is 9.97 Å². The van der Waals surface area contributed by atoms with Gasteiger partial charge in [0.15, 0.2) is 11.5 Å². The Balaban J connectivity index is 1.35. The molecule has 8 heteroatoms. The minimum Gasteiger partial charge on any atom is -0.496 e. The quantitative estimate of drug-likeness (QED) is 0.517. The molecule has 0 unspecified atom stereocenters. The maximum Gasteiger partial charge on any atom is 0.254 e. The molecule has 2 aromatic carbocycles. The van der Waals surface area contributed by atoms with E-state index in [4.69, 9.17) is 14.2 Å². The van der Waals surface area contributed by atoms with Gasteiger partial charge in [-0.1, -0.05) is 30.3 Å². The molecule has 1 amide bonds. The maximum atomic E-state index is 12.6. The first kappa shape index (κ1) is 23.4. The average molecular weight is 463 g/mol. The van der Waals surface area contributed by atoms with Gasteiger partial charge in [0.25, 0.3) is 5.91 Å². The molecule has 34 heavy (non-hydrogen) atoms. The summed E-state index contributed by atoms with van der Waals surface area (Å²) in [6, 6.07) is 15.3. The predicted molar refractivity (Wildman–Crippen MR) is 130 cm³/mol. The van der Waals surface area contributed by atoms with Crippen molar-refractivity contribution in [3.63, 3.8) is 0 Å². The van der Waals surface area contributed by atoms with E-state index in [0.29, 0.717) is 31.2 Å². The molecular formula is C26H30N4O4. The zero-order valence-corrected chi connectivity index (χ0v) is 19.6. The number of ether oxygens (including phenoxy) is 3. The van der Waals surface area contributed by atoms with Gasteiger partial charge in [-0.05, 0) is 38.0 Å². The summed E-state index contributed by atoms with van der Waals surface area (Å²) in [5, 5.41) is 2.89. The second-order valence-corrected chi connectivity index (χ2v) is 7.97. The van der Waals surface area contributed by atoms with E-state index in [-0.39, 0.29) is 12.0 Å². The molecule has 1 N–H and O–H groups in total. The van der Waals surface area contributed by atoms with Crippen LogP contribution in [0.25, 0.3) is 0 Å². The number of nitrogens with zero attached hydrogens (tertiary/aromatic N) is 3.